The van der Waals surface area contributed by atoms with Crippen molar-refractivity contribution in [3.05, 3.63) is 0 Å². The van der Waals surface area contributed by atoms with Gasteiger partial charge in [-0.15, -0.1) is 11.8 Å². The zero-order valence-corrected chi connectivity index (χ0v) is 9.98. The van der Waals surface area contributed by atoms with E-state index < -0.39 is 28.8 Å². The Morgan fingerprint density at radius 2 is 1.94 bits per heavy atom. The molecule has 0 bridgehead atoms. The molecule has 8 nitrogen and oxygen atoms in total. The first-order valence-electron chi connectivity index (χ1n) is 4.51. The van der Waals surface area contributed by atoms with Crippen molar-refractivity contribution in [3.63, 3.8) is 0 Å². The molecule has 0 fully saturated rings. The van der Waals surface area contributed by atoms with Crippen molar-refractivity contribution in [2.24, 2.45) is 0 Å². The van der Waals surface area contributed by atoms with Crippen LogP contribution in [-0.4, -0.2) is 50.0 Å². The predicted molar refractivity (Wildman–Crippen MR) is 57.5 cm³/mol. The quantitative estimate of drug-likeness (QED) is 0.212. The summed E-state index contributed by atoms with van der Waals surface area (Å²) < 4.78 is 0. The van der Waals surface area contributed by atoms with E-state index in [2.05, 4.69) is 4.89 Å². The fourth-order valence-electron chi connectivity index (χ4n) is 0.776. The number of hydrogen-bond donors (Lipinski definition) is 4. The van der Waals surface area contributed by atoms with Gasteiger partial charge in [0.1, 0.15) is 0 Å². The number of carboxylic acids is 2. The number of aliphatic carboxylic acids is 2. The Morgan fingerprint density at radius 1 is 1.41 bits per heavy atom. The van der Waals surface area contributed by atoms with Gasteiger partial charge in [0.25, 0.3) is 11.5 Å². The number of carboxylic acid groups (broad SMARTS) is 2. The lowest BCUT2D eigenvalue weighted by Crippen LogP contribution is -2.55. The van der Waals surface area contributed by atoms with E-state index in [1.807, 2.05) is 5.32 Å². The third kappa shape index (κ3) is 3.88. The van der Waals surface area contributed by atoms with E-state index in [0.29, 0.717) is 5.75 Å². The summed E-state index contributed by atoms with van der Waals surface area (Å²) in [5.74, 6) is -3.90. The van der Waals surface area contributed by atoms with Gasteiger partial charge in [-0.25, -0.2) is 14.5 Å². The van der Waals surface area contributed by atoms with Gasteiger partial charge in [0, 0.05) is 0 Å². The number of hydrogen-bond acceptors (Lipinski definition) is 6. The number of thioether (sulfide) groups is 1. The SMILES string of the molecule is CCSC(NC(=O)C(C)(OO)C(=O)O)C(=O)O. The second-order valence-corrected chi connectivity index (χ2v) is 4.46. The van der Waals surface area contributed by atoms with Crippen LogP contribution in [0.3, 0.4) is 0 Å². The smallest absolute Gasteiger partial charge is 0.349 e. The predicted octanol–water partition coefficient (Wildman–Crippen LogP) is -0.401. The number of carbonyl (C=O) groups excluding carboxylic acids is 1. The highest BCUT2D eigenvalue weighted by Gasteiger charge is 2.45. The van der Waals surface area contributed by atoms with Gasteiger partial charge in [0.2, 0.25) is 0 Å². The lowest BCUT2D eigenvalue weighted by Gasteiger charge is -2.22. The van der Waals surface area contributed by atoms with Gasteiger partial charge >= 0.3 is 11.9 Å². The third-order valence-electron chi connectivity index (χ3n) is 1.84. The molecule has 0 aromatic rings. The monoisotopic (exact) mass is 267 g/mol. The molecule has 0 saturated heterocycles. The summed E-state index contributed by atoms with van der Waals surface area (Å²) >= 11 is 0.890. The minimum absolute atomic E-state index is 0.404. The Hall–Kier alpha value is -1.32. The Balaban J connectivity index is 4.81. The molecule has 2 unspecified atom stereocenters. The number of nitrogens with one attached hydrogen (secondary N) is 1. The summed E-state index contributed by atoms with van der Waals surface area (Å²) in [6.45, 7) is 2.48. The highest BCUT2D eigenvalue weighted by Crippen LogP contribution is 2.13. The Bertz CT molecular complexity index is 321. The van der Waals surface area contributed by atoms with Crippen LogP contribution in [0.25, 0.3) is 0 Å². The van der Waals surface area contributed by atoms with E-state index in [1.54, 1.807) is 6.92 Å². The molecule has 4 N–H and O–H groups in total. The van der Waals surface area contributed by atoms with Gasteiger partial charge in [-0.1, -0.05) is 6.92 Å². The fraction of sp³-hybridized carbons (Fsp3) is 0.625. The van der Waals surface area contributed by atoms with Crippen molar-refractivity contribution in [3.8, 4) is 0 Å². The van der Waals surface area contributed by atoms with Gasteiger partial charge in [-0.2, -0.15) is 0 Å². The van der Waals surface area contributed by atoms with Crippen LogP contribution in [0.1, 0.15) is 13.8 Å². The average molecular weight is 267 g/mol. The fourth-order valence-corrected chi connectivity index (χ4v) is 1.44. The first-order valence-corrected chi connectivity index (χ1v) is 5.55. The lowest BCUT2D eigenvalue weighted by molar-refractivity contribution is -0.302. The van der Waals surface area contributed by atoms with Crippen molar-refractivity contribution in [2.45, 2.75) is 24.8 Å². The molecule has 0 aromatic heterocycles. The second-order valence-electron chi connectivity index (χ2n) is 3.08. The lowest BCUT2D eigenvalue weighted by atomic mass is 10.1. The molecule has 0 heterocycles. The van der Waals surface area contributed by atoms with Gasteiger partial charge in [0.15, 0.2) is 5.37 Å². The molecule has 17 heavy (non-hydrogen) atoms. The maximum Gasteiger partial charge on any atom is 0.349 e. The molecular weight excluding hydrogens is 254 g/mol. The molecule has 0 radical (unpaired) electrons. The van der Waals surface area contributed by atoms with Crippen LogP contribution in [0.15, 0.2) is 0 Å². The molecular formula is C8H13NO7S. The largest absolute Gasteiger partial charge is 0.479 e. The first kappa shape index (κ1) is 15.7. The second kappa shape index (κ2) is 6.42. The summed E-state index contributed by atoms with van der Waals surface area (Å²) in [7, 11) is 0. The van der Waals surface area contributed by atoms with E-state index in [1.165, 1.54) is 0 Å². The Kier molecular flexibility index (Phi) is 5.93. The number of amides is 1. The normalized spacial score (nSPS) is 15.7. The molecule has 2 atom stereocenters. The summed E-state index contributed by atoms with van der Waals surface area (Å²) in [4.78, 5) is 36.5. The summed E-state index contributed by atoms with van der Waals surface area (Å²) in [6.07, 6.45) is 0. The van der Waals surface area contributed by atoms with Crippen LogP contribution >= 0.6 is 11.8 Å². The van der Waals surface area contributed by atoms with Crippen LogP contribution in [-0.2, 0) is 19.3 Å². The van der Waals surface area contributed by atoms with Crippen molar-refractivity contribution in [1.82, 2.24) is 5.32 Å². The van der Waals surface area contributed by atoms with Crippen LogP contribution in [0, 0.1) is 0 Å². The maximum atomic E-state index is 11.5. The van der Waals surface area contributed by atoms with Gasteiger partial charge < -0.3 is 15.5 Å². The Labute approximate surface area is 101 Å². The standard InChI is InChI=1S/C8H13NO7S/c1-3-17-4(5(10)11)9-6(12)8(2,16-15)7(13)14/h4,15H,3H2,1-2H3,(H,9,12)(H,10,11)(H,13,14). The van der Waals surface area contributed by atoms with Crippen LogP contribution in [0.5, 0.6) is 0 Å². The van der Waals surface area contributed by atoms with E-state index in [4.69, 9.17) is 15.5 Å². The van der Waals surface area contributed by atoms with Crippen LogP contribution in [0.4, 0.5) is 0 Å². The van der Waals surface area contributed by atoms with E-state index >= 15 is 0 Å². The zero-order chi connectivity index (χ0) is 13.6. The maximum absolute atomic E-state index is 11.5. The Morgan fingerprint density at radius 3 is 2.24 bits per heavy atom. The van der Waals surface area contributed by atoms with Crippen molar-refractivity contribution in [2.75, 3.05) is 5.75 Å². The van der Waals surface area contributed by atoms with E-state index in [9.17, 15) is 14.4 Å². The molecule has 0 rings (SSSR count). The van der Waals surface area contributed by atoms with Crippen LogP contribution in [0.2, 0.25) is 0 Å². The first-order chi connectivity index (χ1) is 7.79. The van der Waals surface area contributed by atoms with Gasteiger partial charge in [-0.3, -0.25) is 10.1 Å². The highest BCUT2D eigenvalue weighted by atomic mass is 32.2. The van der Waals surface area contributed by atoms with Gasteiger partial charge in [0.05, 0.1) is 0 Å². The number of rotatable bonds is 7. The van der Waals surface area contributed by atoms with Crippen molar-refractivity contribution in [1.29, 1.82) is 0 Å². The minimum Gasteiger partial charge on any atom is -0.479 e. The van der Waals surface area contributed by atoms with E-state index in [0.717, 1.165) is 18.7 Å². The number of carbonyl (C=O) groups is 3. The summed E-state index contributed by atoms with van der Waals surface area (Å²) in [5.41, 5.74) is -2.54. The average Bonchev–Trinajstić information content (AvgIpc) is 2.26. The van der Waals surface area contributed by atoms with Crippen molar-refractivity contribution < 1.29 is 34.7 Å². The molecule has 0 aromatic carbocycles. The third-order valence-corrected chi connectivity index (χ3v) is 2.83. The molecule has 0 aliphatic heterocycles. The van der Waals surface area contributed by atoms with Gasteiger partial charge in [-0.05, 0) is 12.7 Å². The van der Waals surface area contributed by atoms with E-state index in [-0.39, 0.29) is 0 Å². The topological polar surface area (TPSA) is 133 Å². The summed E-state index contributed by atoms with van der Waals surface area (Å²) in [6, 6.07) is 0. The zero-order valence-electron chi connectivity index (χ0n) is 9.17. The highest BCUT2D eigenvalue weighted by molar-refractivity contribution is 8.00. The van der Waals surface area contributed by atoms with Crippen LogP contribution < -0.4 is 5.32 Å². The van der Waals surface area contributed by atoms with Crippen molar-refractivity contribution >= 4 is 29.6 Å². The molecule has 0 saturated carbocycles. The molecule has 9 heteroatoms. The molecule has 0 aliphatic carbocycles. The molecule has 0 aliphatic rings. The molecule has 0 spiro atoms. The summed E-state index contributed by atoms with van der Waals surface area (Å²) in [5, 5.41) is 26.5. The molecule has 1 amide bonds. The molecule has 98 valence electrons. The minimum atomic E-state index is -2.54.